The summed E-state index contributed by atoms with van der Waals surface area (Å²) in [6, 6.07) is 6.20. The van der Waals surface area contributed by atoms with Gasteiger partial charge in [-0.25, -0.2) is 0 Å². The number of rotatable bonds is 5. The SMILES string of the molecule is CCCNCc1nnc(-c2cccc(C)c2Br)s1. The van der Waals surface area contributed by atoms with E-state index in [1.165, 1.54) is 5.56 Å². The first-order valence-electron chi connectivity index (χ1n) is 6.01. The zero-order chi connectivity index (χ0) is 13.0. The van der Waals surface area contributed by atoms with Gasteiger partial charge in [-0.15, -0.1) is 10.2 Å². The molecule has 0 spiro atoms. The molecule has 1 heterocycles. The van der Waals surface area contributed by atoms with E-state index in [1.54, 1.807) is 11.3 Å². The van der Waals surface area contributed by atoms with Crippen LogP contribution in [0.2, 0.25) is 0 Å². The first-order valence-corrected chi connectivity index (χ1v) is 7.62. The second kappa shape index (κ2) is 6.41. The minimum Gasteiger partial charge on any atom is -0.310 e. The number of hydrogen-bond acceptors (Lipinski definition) is 4. The van der Waals surface area contributed by atoms with Crippen LogP contribution in [0, 0.1) is 6.92 Å². The van der Waals surface area contributed by atoms with Crippen molar-refractivity contribution in [1.82, 2.24) is 15.5 Å². The molecular formula is C13H16BrN3S. The summed E-state index contributed by atoms with van der Waals surface area (Å²) < 4.78 is 1.11. The third-order valence-corrected chi connectivity index (χ3v) is 4.60. The number of aryl methyl sites for hydroxylation is 1. The minimum atomic E-state index is 0.801. The van der Waals surface area contributed by atoms with Crippen molar-refractivity contribution >= 4 is 27.3 Å². The molecule has 18 heavy (non-hydrogen) atoms. The molecule has 0 saturated heterocycles. The normalized spacial score (nSPS) is 10.8. The Labute approximate surface area is 120 Å². The summed E-state index contributed by atoms with van der Waals surface area (Å²) >= 11 is 5.26. The Hall–Kier alpha value is -0.780. The Bertz CT molecular complexity index is 525. The largest absolute Gasteiger partial charge is 0.310 e. The summed E-state index contributed by atoms with van der Waals surface area (Å²) in [6.07, 6.45) is 1.13. The number of hydrogen-bond donors (Lipinski definition) is 1. The Morgan fingerprint density at radius 2 is 2.17 bits per heavy atom. The van der Waals surface area contributed by atoms with Gasteiger partial charge < -0.3 is 5.32 Å². The molecule has 5 heteroatoms. The molecule has 0 unspecified atom stereocenters. The molecule has 1 N–H and O–H groups in total. The van der Waals surface area contributed by atoms with Crippen molar-refractivity contribution < 1.29 is 0 Å². The van der Waals surface area contributed by atoms with Crippen molar-refractivity contribution in [3.63, 3.8) is 0 Å². The van der Waals surface area contributed by atoms with E-state index in [0.29, 0.717) is 0 Å². The summed E-state index contributed by atoms with van der Waals surface area (Å²) in [7, 11) is 0. The van der Waals surface area contributed by atoms with Crippen LogP contribution in [0.15, 0.2) is 22.7 Å². The third-order valence-electron chi connectivity index (χ3n) is 2.59. The highest BCUT2D eigenvalue weighted by Gasteiger charge is 2.10. The average molecular weight is 326 g/mol. The lowest BCUT2D eigenvalue weighted by atomic mass is 10.1. The lowest BCUT2D eigenvalue weighted by molar-refractivity contribution is 0.668. The van der Waals surface area contributed by atoms with Crippen LogP contribution >= 0.6 is 27.3 Å². The Balaban J connectivity index is 2.16. The Morgan fingerprint density at radius 3 is 2.94 bits per heavy atom. The van der Waals surface area contributed by atoms with Gasteiger partial charge >= 0.3 is 0 Å². The van der Waals surface area contributed by atoms with E-state index < -0.39 is 0 Å². The van der Waals surface area contributed by atoms with Crippen LogP contribution in [0.4, 0.5) is 0 Å². The molecule has 2 aromatic rings. The zero-order valence-electron chi connectivity index (χ0n) is 10.5. The van der Waals surface area contributed by atoms with E-state index in [1.807, 2.05) is 6.07 Å². The number of benzene rings is 1. The smallest absolute Gasteiger partial charge is 0.148 e. The summed E-state index contributed by atoms with van der Waals surface area (Å²) in [6.45, 7) is 6.05. The van der Waals surface area contributed by atoms with Crippen LogP contribution in [0.3, 0.4) is 0 Å². The molecule has 2 rings (SSSR count). The van der Waals surface area contributed by atoms with Crippen molar-refractivity contribution in [2.75, 3.05) is 6.54 Å². The van der Waals surface area contributed by atoms with E-state index in [0.717, 1.165) is 39.6 Å². The van der Waals surface area contributed by atoms with E-state index in [4.69, 9.17) is 0 Å². The van der Waals surface area contributed by atoms with E-state index in [9.17, 15) is 0 Å². The lowest BCUT2D eigenvalue weighted by Gasteiger charge is -2.02. The van der Waals surface area contributed by atoms with Crippen LogP contribution in [-0.4, -0.2) is 16.7 Å². The standard InChI is InChI=1S/C13H16BrN3S/c1-3-7-15-8-11-16-17-13(18-11)10-6-4-5-9(2)12(10)14/h4-6,15H,3,7-8H2,1-2H3. The molecule has 1 aromatic heterocycles. The highest BCUT2D eigenvalue weighted by Crippen LogP contribution is 2.32. The maximum atomic E-state index is 4.27. The minimum absolute atomic E-state index is 0.801. The summed E-state index contributed by atoms with van der Waals surface area (Å²) in [4.78, 5) is 0. The van der Waals surface area contributed by atoms with Crippen molar-refractivity contribution in [3.05, 3.63) is 33.2 Å². The van der Waals surface area contributed by atoms with E-state index in [2.05, 4.69) is 57.4 Å². The molecule has 0 saturated carbocycles. The molecule has 1 aromatic carbocycles. The van der Waals surface area contributed by atoms with Gasteiger partial charge in [-0.1, -0.05) is 36.5 Å². The molecule has 0 aliphatic carbocycles. The van der Waals surface area contributed by atoms with Gasteiger partial charge in [-0.05, 0) is 41.4 Å². The van der Waals surface area contributed by atoms with Crippen molar-refractivity contribution in [2.24, 2.45) is 0 Å². The summed E-state index contributed by atoms with van der Waals surface area (Å²) in [5, 5.41) is 13.8. The summed E-state index contributed by atoms with van der Waals surface area (Å²) in [5.41, 5.74) is 2.34. The maximum absolute atomic E-state index is 4.27. The van der Waals surface area contributed by atoms with Gasteiger partial charge in [0.25, 0.3) is 0 Å². The molecule has 0 atom stereocenters. The predicted octanol–water partition coefficient (Wildman–Crippen LogP) is 3.78. The van der Waals surface area contributed by atoms with E-state index >= 15 is 0 Å². The van der Waals surface area contributed by atoms with Gasteiger partial charge in [0.15, 0.2) is 0 Å². The fraction of sp³-hybridized carbons (Fsp3) is 0.385. The monoisotopic (exact) mass is 325 g/mol. The van der Waals surface area contributed by atoms with Gasteiger partial charge in [0.05, 0.1) is 0 Å². The molecule has 3 nitrogen and oxygen atoms in total. The van der Waals surface area contributed by atoms with Gasteiger partial charge in [0.2, 0.25) is 0 Å². The van der Waals surface area contributed by atoms with Gasteiger partial charge in [-0.3, -0.25) is 0 Å². The van der Waals surface area contributed by atoms with Crippen LogP contribution in [0.25, 0.3) is 10.6 Å². The van der Waals surface area contributed by atoms with Crippen molar-refractivity contribution in [2.45, 2.75) is 26.8 Å². The quantitative estimate of drug-likeness (QED) is 0.850. The second-order valence-corrected chi connectivity index (χ2v) is 5.97. The third kappa shape index (κ3) is 3.16. The van der Waals surface area contributed by atoms with Gasteiger partial charge in [-0.2, -0.15) is 0 Å². The highest BCUT2D eigenvalue weighted by atomic mass is 79.9. The first kappa shape index (κ1) is 13.6. The number of aromatic nitrogens is 2. The molecule has 0 radical (unpaired) electrons. The maximum Gasteiger partial charge on any atom is 0.148 e. The molecule has 0 fully saturated rings. The van der Waals surface area contributed by atoms with Crippen molar-refractivity contribution in [3.8, 4) is 10.6 Å². The molecular weight excluding hydrogens is 310 g/mol. The fourth-order valence-corrected chi connectivity index (χ4v) is 3.04. The van der Waals surface area contributed by atoms with Crippen LogP contribution in [0.5, 0.6) is 0 Å². The molecule has 0 amide bonds. The highest BCUT2D eigenvalue weighted by molar-refractivity contribution is 9.10. The van der Waals surface area contributed by atoms with E-state index in [-0.39, 0.29) is 0 Å². The lowest BCUT2D eigenvalue weighted by Crippen LogP contribution is -2.13. The first-order chi connectivity index (χ1) is 8.72. The fourth-order valence-electron chi connectivity index (χ4n) is 1.62. The van der Waals surface area contributed by atoms with Crippen LogP contribution in [0.1, 0.15) is 23.9 Å². The molecule has 0 bridgehead atoms. The van der Waals surface area contributed by atoms with Crippen molar-refractivity contribution in [1.29, 1.82) is 0 Å². The topological polar surface area (TPSA) is 37.8 Å². The van der Waals surface area contributed by atoms with Gasteiger partial charge in [0, 0.05) is 16.6 Å². The zero-order valence-corrected chi connectivity index (χ0v) is 12.9. The van der Waals surface area contributed by atoms with Crippen LogP contribution in [-0.2, 0) is 6.54 Å². The number of nitrogens with one attached hydrogen (secondary N) is 1. The Morgan fingerprint density at radius 1 is 1.33 bits per heavy atom. The number of nitrogens with zero attached hydrogens (tertiary/aromatic N) is 2. The molecule has 0 aliphatic heterocycles. The predicted molar refractivity (Wildman–Crippen MR) is 79.8 cm³/mol. The van der Waals surface area contributed by atoms with Gasteiger partial charge in [0.1, 0.15) is 10.0 Å². The average Bonchev–Trinajstić information content (AvgIpc) is 2.82. The second-order valence-electron chi connectivity index (χ2n) is 4.11. The van der Waals surface area contributed by atoms with Crippen LogP contribution < -0.4 is 5.32 Å². The molecule has 0 aliphatic rings. The number of halogens is 1. The Kier molecular flexibility index (Phi) is 4.86. The molecule has 96 valence electrons. The summed E-state index contributed by atoms with van der Waals surface area (Å²) in [5.74, 6) is 0.